The number of hydrogen-bond acceptors (Lipinski definition) is 5. The van der Waals surface area contributed by atoms with Crippen LogP contribution < -0.4 is 5.32 Å². The van der Waals surface area contributed by atoms with Gasteiger partial charge in [0.05, 0.1) is 39.9 Å². The predicted molar refractivity (Wildman–Crippen MR) is 258 cm³/mol. The second-order valence-electron chi connectivity index (χ2n) is 18.5. The van der Waals surface area contributed by atoms with E-state index in [-0.39, 0.29) is 19.1 Å². The number of allylic oxidation sites excluding steroid dienone is 5. The Bertz CT molecular complexity index is 1070. The standard InChI is InChI=1S/C51H99N2O6P/c1-6-8-10-12-14-16-18-20-22-24-26-27-29-31-33-35-37-39-41-43-45-51(55)52-49(48-59-60(56,57)58-47-46-53(3,4)5)50(54)44-42-40-38-36-34-32-30-28-25-23-21-19-17-15-13-11-9-7-2/h25,28,34,36,42,44,49-50,54H,6-24,26-27,29-33,35,37-41,43,45-48H2,1-5H3,(H-,52,55,56,57)/p+1/b28-25+,36-34+,44-42+. The summed E-state index contributed by atoms with van der Waals surface area (Å²) in [5.41, 5.74) is 0. The fourth-order valence-corrected chi connectivity index (χ4v) is 8.05. The minimum Gasteiger partial charge on any atom is -0.387 e. The van der Waals surface area contributed by atoms with Crippen molar-refractivity contribution in [1.82, 2.24) is 5.32 Å². The maximum atomic E-state index is 12.9. The highest BCUT2D eigenvalue weighted by Gasteiger charge is 2.27. The van der Waals surface area contributed by atoms with Crippen molar-refractivity contribution in [2.24, 2.45) is 0 Å². The lowest BCUT2D eigenvalue weighted by atomic mass is 10.0. The van der Waals surface area contributed by atoms with Crippen LogP contribution in [0.3, 0.4) is 0 Å². The van der Waals surface area contributed by atoms with Crippen LogP contribution in [0.2, 0.25) is 0 Å². The molecule has 8 nitrogen and oxygen atoms in total. The molecule has 0 radical (unpaired) electrons. The van der Waals surface area contributed by atoms with Gasteiger partial charge in [-0.25, -0.2) is 4.57 Å². The second-order valence-corrected chi connectivity index (χ2v) is 20.0. The first kappa shape index (κ1) is 58.7. The number of hydrogen-bond donors (Lipinski definition) is 3. The van der Waals surface area contributed by atoms with Gasteiger partial charge in [-0.2, -0.15) is 0 Å². The zero-order chi connectivity index (χ0) is 44.3. The first-order chi connectivity index (χ1) is 29.0. The maximum absolute atomic E-state index is 12.9. The van der Waals surface area contributed by atoms with E-state index >= 15 is 0 Å². The lowest BCUT2D eigenvalue weighted by molar-refractivity contribution is -0.870. The lowest BCUT2D eigenvalue weighted by Crippen LogP contribution is -2.45. The van der Waals surface area contributed by atoms with Crippen LogP contribution in [0.4, 0.5) is 0 Å². The van der Waals surface area contributed by atoms with E-state index in [1.54, 1.807) is 6.08 Å². The molecule has 0 bridgehead atoms. The van der Waals surface area contributed by atoms with Crippen molar-refractivity contribution in [1.29, 1.82) is 0 Å². The molecule has 0 fully saturated rings. The molecule has 0 aliphatic heterocycles. The number of quaternary nitrogens is 1. The third kappa shape index (κ3) is 44.8. The van der Waals surface area contributed by atoms with Gasteiger partial charge in [-0.15, -0.1) is 0 Å². The molecule has 0 heterocycles. The van der Waals surface area contributed by atoms with Crippen LogP contribution in [0, 0.1) is 0 Å². The molecule has 0 spiro atoms. The number of likely N-dealkylation sites (N-methyl/N-ethyl adjacent to an activating group) is 1. The molecule has 0 rings (SSSR count). The van der Waals surface area contributed by atoms with Crippen molar-refractivity contribution in [2.45, 2.75) is 244 Å². The summed E-state index contributed by atoms with van der Waals surface area (Å²) in [7, 11) is 1.55. The molecule has 0 saturated carbocycles. The highest BCUT2D eigenvalue weighted by atomic mass is 31.2. The fraction of sp³-hybridized carbons (Fsp3) is 0.863. The van der Waals surface area contributed by atoms with E-state index < -0.39 is 20.0 Å². The minimum absolute atomic E-state index is 0.0549. The summed E-state index contributed by atoms with van der Waals surface area (Å²) < 4.78 is 23.6. The fourth-order valence-electron chi connectivity index (χ4n) is 7.31. The number of nitrogens with zero attached hydrogens (tertiary/aromatic N) is 1. The summed E-state index contributed by atoms with van der Waals surface area (Å²) >= 11 is 0. The molecular formula is C51H100N2O6P+. The topological polar surface area (TPSA) is 105 Å². The van der Waals surface area contributed by atoms with Crippen LogP contribution in [0.25, 0.3) is 0 Å². The first-order valence-electron chi connectivity index (χ1n) is 25.4. The van der Waals surface area contributed by atoms with Gasteiger partial charge < -0.3 is 19.8 Å². The van der Waals surface area contributed by atoms with Crippen LogP contribution in [-0.4, -0.2) is 73.4 Å². The van der Waals surface area contributed by atoms with Crippen molar-refractivity contribution in [2.75, 3.05) is 40.9 Å². The van der Waals surface area contributed by atoms with E-state index in [0.29, 0.717) is 17.4 Å². The molecule has 354 valence electrons. The summed E-state index contributed by atoms with van der Waals surface area (Å²) in [5.74, 6) is -0.188. The Kier molecular flexibility index (Phi) is 42.1. The third-order valence-electron chi connectivity index (χ3n) is 11.3. The summed E-state index contributed by atoms with van der Waals surface area (Å²) in [6.45, 7) is 4.80. The Morgan fingerprint density at radius 2 is 0.917 bits per heavy atom. The largest absolute Gasteiger partial charge is 0.472 e. The average Bonchev–Trinajstić information content (AvgIpc) is 3.20. The van der Waals surface area contributed by atoms with Crippen molar-refractivity contribution in [3.8, 4) is 0 Å². The average molecular weight is 868 g/mol. The number of carbonyl (C=O) groups excluding carboxylic acids is 1. The molecule has 0 aromatic carbocycles. The van der Waals surface area contributed by atoms with Crippen molar-refractivity contribution in [3.63, 3.8) is 0 Å². The number of unbranched alkanes of at least 4 members (excludes halogenated alkanes) is 29. The Hall–Kier alpha value is -1.28. The number of aliphatic hydroxyl groups excluding tert-OH is 1. The monoisotopic (exact) mass is 868 g/mol. The van der Waals surface area contributed by atoms with E-state index in [1.165, 1.54) is 167 Å². The van der Waals surface area contributed by atoms with Crippen LogP contribution in [0.1, 0.15) is 232 Å². The molecule has 0 aromatic heterocycles. The van der Waals surface area contributed by atoms with Crippen molar-refractivity contribution >= 4 is 13.7 Å². The van der Waals surface area contributed by atoms with Crippen LogP contribution >= 0.6 is 7.82 Å². The zero-order valence-corrected chi connectivity index (χ0v) is 41.1. The summed E-state index contributed by atoms with van der Waals surface area (Å²) in [6.07, 6.45) is 53.7. The Labute approximate surface area is 372 Å². The Morgan fingerprint density at radius 3 is 1.33 bits per heavy atom. The quantitative estimate of drug-likeness (QED) is 0.0244. The number of carbonyl (C=O) groups is 1. The molecule has 0 aliphatic carbocycles. The summed E-state index contributed by atoms with van der Waals surface area (Å²) in [5, 5.41) is 13.9. The molecule has 3 N–H and O–H groups in total. The molecular weight excluding hydrogens is 768 g/mol. The van der Waals surface area contributed by atoms with Gasteiger partial charge in [0.1, 0.15) is 13.2 Å². The second kappa shape index (κ2) is 43.0. The minimum atomic E-state index is -4.35. The molecule has 0 aromatic rings. The zero-order valence-electron chi connectivity index (χ0n) is 40.2. The third-order valence-corrected chi connectivity index (χ3v) is 12.3. The highest BCUT2D eigenvalue weighted by Crippen LogP contribution is 2.43. The van der Waals surface area contributed by atoms with Gasteiger partial charge in [-0.1, -0.05) is 217 Å². The van der Waals surface area contributed by atoms with Crippen molar-refractivity contribution in [3.05, 3.63) is 36.5 Å². The van der Waals surface area contributed by atoms with E-state index in [0.717, 1.165) is 44.9 Å². The van der Waals surface area contributed by atoms with Gasteiger partial charge in [0, 0.05) is 6.42 Å². The maximum Gasteiger partial charge on any atom is 0.472 e. The molecule has 3 atom stereocenters. The Balaban J connectivity index is 4.37. The lowest BCUT2D eigenvalue weighted by Gasteiger charge is -2.25. The van der Waals surface area contributed by atoms with Crippen LogP contribution in [0.5, 0.6) is 0 Å². The Morgan fingerprint density at radius 1 is 0.550 bits per heavy atom. The predicted octanol–water partition coefficient (Wildman–Crippen LogP) is 14.6. The normalized spacial score (nSPS) is 14.4. The highest BCUT2D eigenvalue weighted by molar-refractivity contribution is 7.47. The van der Waals surface area contributed by atoms with Gasteiger partial charge in [-0.3, -0.25) is 13.8 Å². The van der Waals surface area contributed by atoms with E-state index in [1.807, 2.05) is 27.2 Å². The van der Waals surface area contributed by atoms with Gasteiger partial charge in [0.25, 0.3) is 0 Å². The van der Waals surface area contributed by atoms with Crippen molar-refractivity contribution < 1.29 is 32.9 Å². The smallest absolute Gasteiger partial charge is 0.387 e. The number of phosphoric acid groups is 1. The molecule has 0 saturated heterocycles. The van der Waals surface area contributed by atoms with Crippen LogP contribution in [-0.2, 0) is 18.4 Å². The molecule has 9 heteroatoms. The number of rotatable bonds is 46. The van der Waals surface area contributed by atoms with Gasteiger partial charge >= 0.3 is 7.82 Å². The van der Waals surface area contributed by atoms with Gasteiger partial charge in [0.15, 0.2) is 0 Å². The molecule has 1 amide bonds. The van der Waals surface area contributed by atoms with Crippen LogP contribution in [0.15, 0.2) is 36.5 Å². The van der Waals surface area contributed by atoms with E-state index in [2.05, 4.69) is 43.5 Å². The van der Waals surface area contributed by atoms with Gasteiger partial charge in [0.2, 0.25) is 5.91 Å². The summed E-state index contributed by atoms with van der Waals surface area (Å²) in [4.78, 5) is 23.2. The first-order valence-corrected chi connectivity index (χ1v) is 26.9. The molecule has 60 heavy (non-hydrogen) atoms. The molecule has 3 unspecified atom stereocenters. The van der Waals surface area contributed by atoms with Gasteiger partial charge in [-0.05, 0) is 44.9 Å². The van der Waals surface area contributed by atoms with E-state index in [9.17, 15) is 19.4 Å². The number of amides is 1. The number of nitrogens with one attached hydrogen (secondary N) is 1. The van der Waals surface area contributed by atoms with E-state index in [4.69, 9.17) is 9.05 Å². The molecule has 0 aliphatic rings. The number of aliphatic hydroxyl groups is 1. The number of phosphoric ester groups is 1. The summed E-state index contributed by atoms with van der Waals surface area (Å²) in [6, 6.07) is -0.866. The SMILES string of the molecule is CCCCCCCCCC/C=C/CC/C=C/CC/C=C/C(O)C(COP(=O)(O)OCC[N+](C)(C)C)NC(=O)CCCCCCCCCCCCCCCCCCCCCC.